The highest BCUT2D eigenvalue weighted by molar-refractivity contribution is 8.00. The average molecular weight is 446 g/mol. The van der Waals surface area contributed by atoms with Gasteiger partial charge in [0.2, 0.25) is 0 Å². The first-order chi connectivity index (χ1) is 15.6. The fraction of sp³-hybridized carbons (Fsp3) is 0.222. The number of benzene rings is 3. The molecule has 0 aliphatic carbocycles. The molecule has 0 fully saturated rings. The van der Waals surface area contributed by atoms with Crippen molar-refractivity contribution in [1.82, 2.24) is 0 Å². The first-order valence-electron chi connectivity index (χ1n) is 10.8. The van der Waals surface area contributed by atoms with Crippen LogP contribution in [-0.4, -0.2) is 28.2 Å². The third-order valence-electron chi connectivity index (χ3n) is 5.36. The third kappa shape index (κ3) is 6.17. The molecule has 0 amide bonds. The number of Topliss-reactive ketones (excluding diaryl/α,β-unsaturated/α-hetero) is 1. The number of carbonyl (C=O) groups is 2. The quantitative estimate of drug-likeness (QED) is 0.120. The first kappa shape index (κ1) is 23.5. The minimum Gasteiger partial charge on any atom is -0.411 e. The molecule has 4 nitrogen and oxygen atoms in total. The molecule has 5 heteroatoms. The molecule has 0 aromatic heterocycles. The second kappa shape index (κ2) is 12.0. The molecule has 0 spiro atoms. The molecular formula is C27H27NO3S. The van der Waals surface area contributed by atoms with Crippen LogP contribution in [0, 0.1) is 5.92 Å². The van der Waals surface area contributed by atoms with Gasteiger partial charge in [-0.25, -0.2) is 0 Å². The van der Waals surface area contributed by atoms with Crippen molar-refractivity contribution in [3.05, 3.63) is 102 Å². The number of thioether (sulfide) groups is 1. The average Bonchev–Trinajstić information content (AvgIpc) is 2.86. The lowest BCUT2D eigenvalue weighted by Crippen LogP contribution is -2.21. The van der Waals surface area contributed by atoms with E-state index in [9.17, 15) is 14.8 Å². The molecule has 164 valence electrons. The van der Waals surface area contributed by atoms with Crippen molar-refractivity contribution >= 4 is 29.5 Å². The van der Waals surface area contributed by atoms with Crippen LogP contribution in [0.5, 0.6) is 0 Å². The lowest BCUT2D eigenvalue weighted by molar-refractivity contribution is 0.0938. The summed E-state index contributed by atoms with van der Waals surface area (Å²) in [4.78, 5) is 27.6. The molecule has 3 aromatic carbocycles. The summed E-state index contributed by atoms with van der Waals surface area (Å²) in [6.45, 7) is 2.13. The fourth-order valence-corrected chi connectivity index (χ4v) is 4.72. The largest absolute Gasteiger partial charge is 0.411 e. The monoisotopic (exact) mass is 445 g/mol. The Balaban J connectivity index is 1.77. The van der Waals surface area contributed by atoms with E-state index >= 15 is 0 Å². The van der Waals surface area contributed by atoms with Gasteiger partial charge in [-0.1, -0.05) is 79.7 Å². The second-order valence-corrected chi connectivity index (χ2v) is 8.89. The summed E-state index contributed by atoms with van der Waals surface area (Å²) >= 11 is 1.79. The zero-order chi connectivity index (χ0) is 22.8. The minimum atomic E-state index is -0.602. The Hall–Kier alpha value is -3.18. The Morgan fingerprint density at radius 1 is 0.875 bits per heavy atom. The van der Waals surface area contributed by atoms with Crippen LogP contribution in [0.2, 0.25) is 0 Å². The standard InChI is InChI=1S/C27H27NO3S/c1-2-22(32-23-13-7-4-8-14-23)18-17-21(19-28-31)27(30)25-16-10-9-15-24(25)26(29)20-11-5-3-6-12-20/h3-16,19,21-22,31H,2,17-18H2,1H3. The van der Waals surface area contributed by atoms with Gasteiger partial charge in [0, 0.05) is 26.8 Å². The van der Waals surface area contributed by atoms with Gasteiger partial charge in [0.1, 0.15) is 0 Å². The van der Waals surface area contributed by atoms with Crippen molar-refractivity contribution in [3.8, 4) is 0 Å². The van der Waals surface area contributed by atoms with Crippen LogP contribution in [0.25, 0.3) is 0 Å². The summed E-state index contributed by atoms with van der Waals surface area (Å²) in [5.41, 5.74) is 1.26. The molecule has 0 aliphatic rings. The van der Waals surface area contributed by atoms with Gasteiger partial charge in [0.15, 0.2) is 11.6 Å². The summed E-state index contributed by atoms with van der Waals surface area (Å²) in [6.07, 6.45) is 3.56. The van der Waals surface area contributed by atoms with E-state index in [0.29, 0.717) is 28.4 Å². The molecule has 0 radical (unpaired) electrons. The Morgan fingerprint density at radius 2 is 1.47 bits per heavy atom. The summed E-state index contributed by atoms with van der Waals surface area (Å²) < 4.78 is 0. The molecular weight excluding hydrogens is 418 g/mol. The van der Waals surface area contributed by atoms with E-state index in [4.69, 9.17) is 0 Å². The van der Waals surface area contributed by atoms with Crippen molar-refractivity contribution in [1.29, 1.82) is 0 Å². The van der Waals surface area contributed by atoms with Gasteiger partial charge in [0.25, 0.3) is 0 Å². The fourth-order valence-electron chi connectivity index (χ4n) is 3.60. The molecule has 32 heavy (non-hydrogen) atoms. The summed E-state index contributed by atoms with van der Waals surface area (Å²) in [5, 5.41) is 12.7. The van der Waals surface area contributed by atoms with Crippen molar-refractivity contribution in [2.45, 2.75) is 36.3 Å². The van der Waals surface area contributed by atoms with Crippen molar-refractivity contribution < 1.29 is 14.8 Å². The van der Waals surface area contributed by atoms with Gasteiger partial charge in [-0.3, -0.25) is 9.59 Å². The van der Waals surface area contributed by atoms with Crippen molar-refractivity contribution in [3.63, 3.8) is 0 Å². The molecule has 0 bridgehead atoms. The number of nitrogens with zero attached hydrogens (tertiary/aromatic N) is 1. The minimum absolute atomic E-state index is 0.194. The van der Waals surface area contributed by atoms with Crippen LogP contribution >= 0.6 is 11.8 Å². The van der Waals surface area contributed by atoms with E-state index < -0.39 is 5.92 Å². The highest BCUT2D eigenvalue weighted by Gasteiger charge is 2.25. The van der Waals surface area contributed by atoms with Gasteiger partial charge in [-0.15, -0.1) is 16.9 Å². The smallest absolute Gasteiger partial charge is 0.193 e. The maximum Gasteiger partial charge on any atom is 0.193 e. The number of hydrogen-bond donors (Lipinski definition) is 1. The maximum atomic E-state index is 13.4. The normalized spacial score (nSPS) is 13.0. The Morgan fingerprint density at radius 3 is 2.09 bits per heavy atom. The summed E-state index contributed by atoms with van der Waals surface area (Å²) in [5.74, 6) is -1.00. The molecule has 0 heterocycles. The molecule has 3 rings (SSSR count). The van der Waals surface area contributed by atoms with Gasteiger partial charge < -0.3 is 5.21 Å². The summed E-state index contributed by atoms with van der Waals surface area (Å²) in [6, 6.07) is 26.0. The lowest BCUT2D eigenvalue weighted by Gasteiger charge is -2.18. The van der Waals surface area contributed by atoms with E-state index in [1.165, 1.54) is 11.1 Å². The zero-order valence-corrected chi connectivity index (χ0v) is 18.9. The predicted molar refractivity (Wildman–Crippen MR) is 130 cm³/mol. The number of rotatable bonds is 11. The van der Waals surface area contributed by atoms with Crippen LogP contribution in [0.1, 0.15) is 52.5 Å². The van der Waals surface area contributed by atoms with Crippen molar-refractivity contribution in [2.75, 3.05) is 0 Å². The number of hydrogen-bond acceptors (Lipinski definition) is 5. The van der Waals surface area contributed by atoms with Gasteiger partial charge >= 0.3 is 0 Å². The number of carbonyl (C=O) groups excluding carboxylic acids is 2. The molecule has 0 aliphatic heterocycles. The zero-order valence-electron chi connectivity index (χ0n) is 18.1. The van der Waals surface area contributed by atoms with Gasteiger partial charge in [-0.2, -0.15) is 0 Å². The molecule has 0 saturated carbocycles. The Kier molecular flexibility index (Phi) is 8.81. The highest BCUT2D eigenvalue weighted by Crippen LogP contribution is 2.30. The van der Waals surface area contributed by atoms with Crippen LogP contribution in [0.4, 0.5) is 0 Å². The van der Waals surface area contributed by atoms with Crippen molar-refractivity contribution in [2.24, 2.45) is 11.1 Å². The Bertz CT molecular complexity index is 1050. The SMILES string of the molecule is CCC(CCC(C=NO)C(=O)c1ccccc1C(=O)c1ccccc1)Sc1ccccc1. The van der Waals surface area contributed by atoms with Crippen LogP contribution < -0.4 is 0 Å². The maximum absolute atomic E-state index is 13.4. The topological polar surface area (TPSA) is 66.7 Å². The van der Waals surface area contributed by atoms with E-state index in [2.05, 4.69) is 24.2 Å². The molecule has 0 saturated heterocycles. The van der Waals surface area contributed by atoms with Crippen LogP contribution in [0.3, 0.4) is 0 Å². The van der Waals surface area contributed by atoms with Gasteiger partial charge in [-0.05, 0) is 31.4 Å². The Labute approximate surface area is 193 Å². The summed E-state index contributed by atoms with van der Waals surface area (Å²) in [7, 11) is 0. The number of oxime groups is 1. The molecule has 2 unspecified atom stereocenters. The predicted octanol–water partition coefficient (Wildman–Crippen LogP) is 6.53. The van der Waals surface area contributed by atoms with E-state index in [-0.39, 0.29) is 11.6 Å². The van der Waals surface area contributed by atoms with Gasteiger partial charge in [0.05, 0.1) is 12.1 Å². The third-order valence-corrected chi connectivity index (χ3v) is 6.80. The molecule has 2 atom stereocenters. The van der Waals surface area contributed by atoms with E-state index in [1.54, 1.807) is 60.3 Å². The van der Waals surface area contributed by atoms with Crippen LogP contribution in [-0.2, 0) is 0 Å². The second-order valence-electron chi connectivity index (χ2n) is 7.51. The highest BCUT2D eigenvalue weighted by atomic mass is 32.2. The first-order valence-corrected chi connectivity index (χ1v) is 11.6. The van der Waals surface area contributed by atoms with E-state index in [1.807, 2.05) is 24.3 Å². The molecule has 1 N–H and O–H groups in total. The number of ketones is 2. The van der Waals surface area contributed by atoms with Crippen LogP contribution in [0.15, 0.2) is 95.0 Å². The lowest BCUT2D eigenvalue weighted by atomic mass is 9.88. The van der Waals surface area contributed by atoms with E-state index in [0.717, 1.165) is 12.8 Å². The molecule has 3 aromatic rings.